The van der Waals surface area contributed by atoms with Crippen LogP contribution in [-0.2, 0) is 17.8 Å². The minimum absolute atomic E-state index is 0.0105. The van der Waals surface area contributed by atoms with Crippen LogP contribution in [0.1, 0.15) is 34.2 Å². The summed E-state index contributed by atoms with van der Waals surface area (Å²) >= 11 is 0. The van der Waals surface area contributed by atoms with Crippen molar-refractivity contribution < 1.29 is 4.79 Å². The highest BCUT2D eigenvalue weighted by atomic mass is 16.2. The second-order valence-corrected chi connectivity index (χ2v) is 7.81. The van der Waals surface area contributed by atoms with Gasteiger partial charge in [0.05, 0.1) is 12.0 Å². The number of carbonyl (C=O) groups is 1. The van der Waals surface area contributed by atoms with Crippen molar-refractivity contribution in [3.8, 4) is 0 Å². The molecule has 0 aliphatic carbocycles. The van der Waals surface area contributed by atoms with Crippen molar-refractivity contribution in [1.29, 1.82) is 0 Å². The predicted octanol–water partition coefficient (Wildman–Crippen LogP) is 4.26. The van der Waals surface area contributed by atoms with E-state index in [9.17, 15) is 4.79 Å². The smallest absolute Gasteiger partial charge is 0.237 e. The summed E-state index contributed by atoms with van der Waals surface area (Å²) in [5.74, 6) is 0.224. The van der Waals surface area contributed by atoms with Gasteiger partial charge in [-0.05, 0) is 59.5 Å². The Bertz CT molecular complexity index is 1060. The van der Waals surface area contributed by atoms with Gasteiger partial charge in [0.15, 0.2) is 0 Å². The lowest BCUT2D eigenvalue weighted by atomic mass is 9.84. The van der Waals surface area contributed by atoms with Gasteiger partial charge in [-0.25, -0.2) is 0 Å². The minimum atomic E-state index is -0.0105. The summed E-state index contributed by atoms with van der Waals surface area (Å²) in [5, 5.41) is 7.02. The molecule has 2 N–H and O–H groups in total. The maximum absolute atomic E-state index is 12.4. The average Bonchev–Trinajstić information content (AvgIpc) is 3.24. The zero-order valence-electron chi connectivity index (χ0n) is 15.5. The first-order valence-corrected chi connectivity index (χ1v) is 9.92. The molecular weight excluding hydrogens is 346 g/mol. The van der Waals surface area contributed by atoms with Crippen LogP contribution < -0.4 is 15.5 Å². The lowest BCUT2D eigenvalue weighted by molar-refractivity contribution is -0.125. The maximum atomic E-state index is 12.4. The molecule has 1 fully saturated rings. The monoisotopic (exact) mass is 367 g/mol. The van der Waals surface area contributed by atoms with E-state index in [4.69, 9.17) is 0 Å². The summed E-state index contributed by atoms with van der Waals surface area (Å²) in [6, 6.07) is 23.4. The SMILES string of the molecule is O=C1C2c3ccccc3N1C2c1ccc(Nc2cccc3c2CCNC3)cc1. The molecule has 0 radical (unpaired) electrons. The highest BCUT2D eigenvalue weighted by Gasteiger charge is 2.56. The number of benzene rings is 3. The van der Waals surface area contributed by atoms with Gasteiger partial charge >= 0.3 is 0 Å². The topological polar surface area (TPSA) is 44.4 Å². The Morgan fingerprint density at radius 2 is 1.82 bits per heavy atom. The first-order chi connectivity index (χ1) is 13.8. The van der Waals surface area contributed by atoms with Crippen molar-refractivity contribution in [3.63, 3.8) is 0 Å². The Morgan fingerprint density at radius 3 is 2.68 bits per heavy atom. The van der Waals surface area contributed by atoms with E-state index >= 15 is 0 Å². The maximum Gasteiger partial charge on any atom is 0.237 e. The third-order valence-corrected chi connectivity index (χ3v) is 6.30. The summed E-state index contributed by atoms with van der Waals surface area (Å²) in [5.41, 5.74) is 8.52. The van der Waals surface area contributed by atoms with Gasteiger partial charge in [0.1, 0.15) is 0 Å². The van der Waals surface area contributed by atoms with Crippen molar-refractivity contribution in [2.75, 3.05) is 16.8 Å². The Kier molecular flexibility index (Phi) is 3.38. The Labute approximate surface area is 164 Å². The molecule has 1 saturated heterocycles. The van der Waals surface area contributed by atoms with Gasteiger partial charge in [-0.15, -0.1) is 0 Å². The van der Waals surface area contributed by atoms with Crippen LogP contribution >= 0.6 is 0 Å². The normalized spacial score (nSPS) is 21.7. The highest BCUT2D eigenvalue weighted by Crippen LogP contribution is 2.58. The molecule has 3 aromatic carbocycles. The van der Waals surface area contributed by atoms with Gasteiger partial charge < -0.3 is 15.5 Å². The number of hydrogen-bond acceptors (Lipinski definition) is 3. The molecule has 0 saturated carbocycles. The largest absolute Gasteiger partial charge is 0.355 e. The average molecular weight is 367 g/mol. The number of hydrogen-bond donors (Lipinski definition) is 2. The highest BCUT2D eigenvalue weighted by molar-refractivity contribution is 6.13. The molecular formula is C24H21N3O. The fraction of sp³-hybridized carbons (Fsp3) is 0.208. The van der Waals surface area contributed by atoms with Crippen molar-refractivity contribution in [1.82, 2.24) is 5.32 Å². The molecule has 6 rings (SSSR count). The number of nitrogens with zero attached hydrogens (tertiary/aromatic N) is 1. The van der Waals surface area contributed by atoms with E-state index < -0.39 is 0 Å². The van der Waals surface area contributed by atoms with Gasteiger partial charge in [0.25, 0.3) is 0 Å². The van der Waals surface area contributed by atoms with Gasteiger partial charge in [-0.1, -0.05) is 42.5 Å². The first kappa shape index (κ1) is 15.9. The molecule has 4 heteroatoms. The zero-order valence-corrected chi connectivity index (χ0v) is 15.5. The summed E-state index contributed by atoms with van der Waals surface area (Å²) in [4.78, 5) is 14.4. The van der Waals surface area contributed by atoms with Crippen LogP contribution in [0.2, 0.25) is 0 Å². The summed E-state index contributed by atoms with van der Waals surface area (Å²) in [6.07, 6.45) is 1.05. The van der Waals surface area contributed by atoms with E-state index in [1.165, 1.54) is 27.9 Å². The van der Waals surface area contributed by atoms with Crippen LogP contribution in [0.25, 0.3) is 0 Å². The van der Waals surface area contributed by atoms with Crippen LogP contribution in [-0.4, -0.2) is 12.5 Å². The van der Waals surface area contributed by atoms with Crippen LogP contribution in [0, 0.1) is 0 Å². The van der Waals surface area contributed by atoms with Crippen LogP contribution in [0.5, 0.6) is 0 Å². The van der Waals surface area contributed by atoms with Crippen molar-refractivity contribution >= 4 is 23.0 Å². The molecule has 4 nitrogen and oxygen atoms in total. The van der Waals surface area contributed by atoms with Crippen molar-refractivity contribution in [2.45, 2.75) is 24.9 Å². The van der Waals surface area contributed by atoms with E-state index in [0.29, 0.717) is 0 Å². The van der Waals surface area contributed by atoms with E-state index in [0.717, 1.165) is 30.9 Å². The standard InChI is InChI=1S/C24H21N3O/c28-24-22-19-5-1-2-7-21(19)27(24)23(22)15-8-10-17(11-9-15)26-20-6-3-4-16-14-25-13-12-18(16)20/h1-11,22-23,25-26H,12-14H2. The molecule has 2 bridgehead atoms. The molecule has 3 aliphatic heterocycles. The zero-order chi connectivity index (χ0) is 18.7. The molecule has 3 aromatic rings. The molecule has 28 heavy (non-hydrogen) atoms. The second-order valence-electron chi connectivity index (χ2n) is 7.81. The lowest BCUT2D eigenvalue weighted by Gasteiger charge is -2.38. The van der Waals surface area contributed by atoms with Crippen LogP contribution in [0.15, 0.2) is 66.7 Å². The molecule has 3 heterocycles. The fourth-order valence-corrected chi connectivity index (χ4v) is 4.94. The van der Waals surface area contributed by atoms with Crippen LogP contribution in [0.4, 0.5) is 17.1 Å². The molecule has 2 atom stereocenters. The van der Waals surface area contributed by atoms with Crippen molar-refractivity contribution in [3.05, 3.63) is 89.0 Å². The summed E-state index contributed by atoms with van der Waals surface area (Å²) in [7, 11) is 0. The Morgan fingerprint density at radius 1 is 0.964 bits per heavy atom. The number of rotatable bonds is 3. The third kappa shape index (κ3) is 2.18. The molecule has 138 valence electrons. The molecule has 0 spiro atoms. The van der Waals surface area contributed by atoms with Gasteiger partial charge in [0, 0.05) is 23.6 Å². The van der Waals surface area contributed by atoms with E-state index in [1.54, 1.807) is 0 Å². The van der Waals surface area contributed by atoms with E-state index in [-0.39, 0.29) is 17.9 Å². The molecule has 2 unspecified atom stereocenters. The molecule has 1 amide bonds. The Hall–Kier alpha value is -3.11. The predicted molar refractivity (Wildman–Crippen MR) is 111 cm³/mol. The van der Waals surface area contributed by atoms with Gasteiger partial charge in [0.2, 0.25) is 5.91 Å². The fourth-order valence-electron chi connectivity index (χ4n) is 4.94. The number of fused-ring (bicyclic) bond motifs is 6. The number of anilines is 3. The van der Waals surface area contributed by atoms with E-state index in [2.05, 4.69) is 65.2 Å². The second kappa shape index (κ2) is 5.94. The number of amides is 1. The third-order valence-electron chi connectivity index (χ3n) is 6.30. The minimum Gasteiger partial charge on any atom is -0.355 e. The summed E-state index contributed by atoms with van der Waals surface area (Å²) < 4.78 is 0. The number of β-lactam (4-membered cyclic amide) rings is 1. The Balaban J connectivity index is 1.26. The quantitative estimate of drug-likeness (QED) is 0.680. The van der Waals surface area contributed by atoms with E-state index in [1.807, 2.05) is 17.0 Å². The van der Waals surface area contributed by atoms with Crippen molar-refractivity contribution in [2.24, 2.45) is 0 Å². The van der Waals surface area contributed by atoms with Crippen LogP contribution in [0.3, 0.4) is 0 Å². The lowest BCUT2D eigenvalue weighted by Crippen LogP contribution is -2.47. The number of carbonyl (C=O) groups excluding carboxylic acids is 1. The molecule has 3 aliphatic rings. The summed E-state index contributed by atoms with van der Waals surface area (Å²) in [6.45, 7) is 1.97. The van der Waals surface area contributed by atoms with Gasteiger partial charge in [-0.2, -0.15) is 0 Å². The number of nitrogens with one attached hydrogen (secondary N) is 2. The first-order valence-electron chi connectivity index (χ1n) is 9.92. The number of para-hydroxylation sites is 1. The van der Waals surface area contributed by atoms with Gasteiger partial charge in [-0.3, -0.25) is 4.79 Å². The molecule has 0 aromatic heterocycles.